The number of carbonyl (C=O) groups is 1. The van der Waals surface area contributed by atoms with Crippen molar-refractivity contribution in [2.45, 2.75) is 17.6 Å². The number of hydrogen-bond donors (Lipinski definition) is 1. The zero-order valence-corrected chi connectivity index (χ0v) is 14.8. The van der Waals surface area contributed by atoms with Crippen LogP contribution in [0, 0.1) is 5.82 Å². The number of carbonyl (C=O) groups excluding carboxylic acids is 1. The van der Waals surface area contributed by atoms with Gasteiger partial charge in [0.15, 0.2) is 5.78 Å². The number of Topliss-reactive ketones (excluding diaryl/α,β-unsaturated/α-hetero) is 1. The fraction of sp³-hybridized carbons (Fsp3) is 0.235. The molecule has 4 nitrogen and oxygen atoms in total. The Labute approximate surface area is 145 Å². The second kappa shape index (κ2) is 8.41. The summed E-state index contributed by atoms with van der Waals surface area (Å²) in [6, 6.07) is 12.3. The van der Waals surface area contributed by atoms with Gasteiger partial charge in [-0.1, -0.05) is 30.3 Å². The molecular weight excluding hydrogens is 349 g/mol. The Morgan fingerprint density at radius 2 is 1.79 bits per heavy atom. The summed E-state index contributed by atoms with van der Waals surface area (Å²) in [5.41, 5.74) is 1.07. The van der Waals surface area contributed by atoms with Crippen molar-refractivity contribution >= 4 is 27.6 Å². The van der Waals surface area contributed by atoms with Crippen LogP contribution in [0.1, 0.15) is 22.8 Å². The van der Waals surface area contributed by atoms with Gasteiger partial charge < -0.3 is 0 Å². The van der Waals surface area contributed by atoms with Crippen molar-refractivity contribution in [3.05, 3.63) is 65.5 Å². The van der Waals surface area contributed by atoms with E-state index in [9.17, 15) is 17.6 Å². The average molecular weight is 367 g/mol. The quantitative estimate of drug-likeness (QED) is 0.575. The summed E-state index contributed by atoms with van der Waals surface area (Å²) in [5, 5.41) is 0. The lowest BCUT2D eigenvalue weighted by Gasteiger charge is -2.07. The van der Waals surface area contributed by atoms with E-state index in [4.69, 9.17) is 0 Å². The highest BCUT2D eigenvalue weighted by atomic mass is 32.2. The molecule has 2 aromatic carbocycles. The Balaban J connectivity index is 1.82. The lowest BCUT2D eigenvalue weighted by molar-refractivity contribution is 0.101. The summed E-state index contributed by atoms with van der Waals surface area (Å²) in [6.07, 6.45) is 0. The summed E-state index contributed by atoms with van der Waals surface area (Å²) < 4.78 is 40.2. The third-order valence-electron chi connectivity index (χ3n) is 3.33. The first-order chi connectivity index (χ1) is 11.4. The Hall–Kier alpha value is -1.70. The molecule has 0 aliphatic heterocycles. The van der Waals surface area contributed by atoms with Crippen LogP contribution in [0.15, 0.2) is 53.4 Å². The maximum atomic E-state index is 13.4. The van der Waals surface area contributed by atoms with Crippen molar-refractivity contribution in [1.82, 2.24) is 4.72 Å². The highest BCUT2D eigenvalue weighted by Gasteiger charge is 2.13. The summed E-state index contributed by atoms with van der Waals surface area (Å²) in [4.78, 5) is 11.3. The third-order valence-corrected chi connectivity index (χ3v) is 5.81. The van der Waals surface area contributed by atoms with E-state index >= 15 is 0 Å². The molecule has 0 amide bonds. The van der Waals surface area contributed by atoms with Gasteiger partial charge in [0, 0.05) is 23.6 Å². The predicted molar refractivity (Wildman–Crippen MR) is 94.2 cm³/mol. The van der Waals surface area contributed by atoms with Gasteiger partial charge in [0.1, 0.15) is 5.82 Å². The minimum absolute atomic E-state index is 0.114. The predicted octanol–water partition coefficient (Wildman–Crippen LogP) is 3.24. The van der Waals surface area contributed by atoms with Crippen molar-refractivity contribution in [2.75, 3.05) is 12.3 Å². The van der Waals surface area contributed by atoms with E-state index in [1.54, 1.807) is 18.2 Å². The average Bonchev–Trinajstić information content (AvgIpc) is 2.56. The second-order valence-electron chi connectivity index (χ2n) is 5.12. The van der Waals surface area contributed by atoms with Crippen LogP contribution in [0.2, 0.25) is 0 Å². The molecule has 0 saturated carbocycles. The smallest absolute Gasteiger partial charge is 0.240 e. The van der Waals surface area contributed by atoms with E-state index in [-0.39, 0.29) is 23.0 Å². The monoisotopic (exact) mass is 367 g/mol. The fourth-order valence-electron chi connectivity index (χ4n) is 2.00. The van der Waals surface area contributed by atoms with Crippen LogP contribution >= 0.6 is 11.8 Å². The van der Waals surface area contributed by atoms with Gasteiger partial charge in [0.2, 0.25) is 10.0 Å². The Kier molecular flexibility index (Phi) is 6.53. The normalized spacial score (nSPS) is 11.4. The van der Waals surface area contributed by atoms with Gasteiger partial charge >= 0.3 is 0 Å². The molecule has 2 rings (SSSR count). The highest BCUT2D eigenvalue weighted by Crippen LogP contribution is 2.15. The van der Waals surface area contributed by atoms with Gasteiger partial charge in [-0.05, 0) is 30.7 Å². The van der Waals surface area contributed by atoms with Gasteiger partial charge in [0.25, 0.3) is 0 Å². The van der Waals surface area contributed by atoms with Crippen LogP contribution in [-0.2, 0) is 15.8 Å². The largest absolute Gasteiger partial charge is 0.295 e. The van der Waals surface area contributed by atoms with Gasteiger partial charge in [-0.15, -0.1) is 0 Å². The van der Waals surface area contributed by atoms with Crippen LogP contribution in [0.4, 0.5) is 4.39 Å². The van der Waals surface area contributed by atoms with Crippen molar-refractivity contribution in [2.24, 2.45) is 0 Å². The molecule has 7 heteroatoms. The van der Waals surface area contributed by atoms with E-state index < -0.39 is 10.0 Å². The molecule has 0 unspecified atom stereocenters. The van der Waals surface area contributed by atoms with E-state index in [1.165, 1.54) is 49.0 Å². The molecule has 24 heavy (non-hydrogen) atoms. The Morgan fingerprint density at radius 3 is 2.42 bits per heavy atom. The minimum Gasteiger partial charge on any atom is -0.295 e. The van der Waals surface area contributed by atoms with Crippen molar-refractivity contribution in [3.8, 4) is 0 Å². The van der Waals surface area contributed by atoms with Crippen LogP contribution in [-0.4, -0.2) is 26.5 Å². The molecule has 0 radical (unpaired) electrons. The molecule has 0 fully saturated rings. The Bertz CT molecular complexity index is 805. The molecule has 0 aromatic heterocycles. The topological polar surface area (TPSA) is 63.2 Å². The molecule has 0 aliphatic rings. The number of rotatable bonds is 8. The lowest BCUT2D eigenvalue weighted by atomic mass is 10.2. The third kappa shape index (κ3) is 5.15. The van der Waals surface area contributed by atoms with E-state index in [1.807, 2.05) is 0 Å². The number of sulfonamides is 1. The molecule has 0 aliphatic carbocycles. The highest BCUT2D eigenvalue weighted by molar-refractivity contribution is 7.98. The van der Waals surface area contributed by atoms with Gasteiger partial charge in [0.05, 0.1) is 4.90 Å². The van der Waals surface area contributed by atoms with E-state index in [2.05, 4.69) is 4.72 Å². The van der Waals surface area contributed by atoms with Crippen LogP contribution in [0.5, 0.6) is 0 Å². The van der Waals surface area contributed by atoms with Gasteiger partial charge in [-0.25, -0.2) is 17.5 Å². The summed E-state index contributed by atoms with van der Waals surface area (Å²) in [5.74, 6) is 0.647. The van der Waals surface area contributed by atoms with Crippen molar-refractivity contribution in [1.29, 1.82) is 0 Å². The van der Waals surface area contributed by atoms with E-state index in [0.29, 0.717) is 22.6 Å². The standard InChI is InChI=1S/C17H18FNO3S2/c1-13(20)14-6-8-16(9-7-14)24(21,22)19-10-11-23-12-15-4-2-3-5-17(15)18/h2-9,19H,10-12H2,1H3. The number of nitrogens with one attached hydrogen (secondary N) is 1. The molecule has 0 spiro atoms. The van der Waals surface area contributed by atoms with Crippen LogP contribution in [0.25, 0.3) is 0 Å². The zero-order valence-electron chi connectivity index (χ0n) is 13.2. The van der Waals surface area contributed by atoms with Gasteiger partial charge in [-0.3, -0.25) is 4.79 Å². The summed E-state index contributed by atoms with van der Waals surface area (Å²) in [6.45, 7) is 1.67. The molecule has 0 atom stereocenters. The molecular formula is C17H18FNO3S2. The number of halogens is 1. The maximum absolute atomic E-state index is 13.4. The number of thioether (sulfide) groups is 1. The van der Waals surface area contributed by atoms with Crippen LogP contribution < -0.4 is 4.72 Å². The number of hydrogen-bond acceptors (Lipinski definition) is 4. The molecule has 2 aromatic rings. The molecule has 0 saturated heterocycles. The zero-order chi connectivity index (χ0) is 17.6. The maximum Gasteiger partial charge on any atom is 0.240 e. The summed E-state index contributed by atoms with van der Waals surface area (Å²) in [7, 11) is -3.60. The van der Waals surface area contributed by atoms with Crippen LogP contribution in [0.3, 0.4) is 0 Å². The van der Waals surface area contributed by atoms with Gasteiger partial charge in [-0.2, -0.15) is 11.8 Å². The molecule has 0 heterocycles. The first kappa shape index (κ1) is 18.6. The molecule has 1 N–H and O–H groups in total. The van der Waals surface area contributed by atoms with Crippen molar-refractivity contribution in [3.63, 3.8) is 0 Å². The lowest BCUT2D eigenvalue weighted by Crippen LogP contribution is -2.26. The fourth-order valence-corrected chi connectivity index (χ4v) is 4.00. The molecule has 128 valence electrons. The SMILES string of the molecule is CC(=O)c1ccc(S(=O)(=O)NCCSCc2ccccc2F)cc1. The first-order valence-electron chi connectivity index (χ1n) is 7.32. The first-order valence-corrected chi connectivity index (χ1v) is 9.96. The molecule has 0 bridgehead atoms. The number of benzene rings is 2. The summed E-state index contributed by atoms with van der Waals surface area (Å²) >= 11 is 1.45. The second-order valence-corrected chi connectivity index (χ2v) is 7.99. The van der Waals surface area contributed by atoms with E-state index in [0.717, 1.165) is 0 Å². The Morgan fingerprint density at radius 1 is 1.12 bits per heavy atom. The van der Waals surface area contributed by atoms with Crippen molar-refractivity contribution < 1.29 is 17.6 Å². The minimum atomic E-state index is -3.60. The number of ketones is 1.